The van der Waals surface area contributed by atoms with Crippen molar-refractivity contribution >= 4 is 24.0 Å². The molecule has 2 aromatic carbocycles. The van der Waals surface area contributed by atoms with Crippen LogP contribution < -0.4 is 11.1 Å². The fourth-order valence-corrected chi connectivity index (χ4v) is 2.43. The third-order valence-corrected chi connectivity index (χ3v) is 3.62. The van der Waals surface area contributed by atoms with E-state index >= 15 is 0 Å². The van der Waals surface area contributed by atoms with Crippen molar-refractivity contribution in [3.63, 3.8) is 0 Å². The van der Waals surface area contributed by atoms with Crippen LogP contribution in [0.3, 0.4) is 0 Å². The van der Waals surface area contributed by atoms with E-state index in [1.807, 2.05) is 51.1 Å². The number of carbonyl (C=O) groups is 1. The Hall–Kier alpha value is -2.00. The first-order chi connectivity index (χ1) is 9.97. The van der Waals surface area contributed by atoms with Crippen LogP contribution in [0.4, 0.5) is 5.69 Å². The zero-order valence-electron chi connectivity index (χ0n) is 13.2. The smallest absolute Gasteiger partial charge is 0.251 e. The van der Waals surface area contributed by atoms with E-state index in [1.165, 1.54) is 5.56 Å². The molecule has 4 heteroatoms. The molecular formula is C18H23ClN2O. The first kappa shape index (κ1) is 18.1. The highest BCUT2D eigenvalue weighted by Gasteiger charge is 2.12. The van der Waals surface area contributed by atoms with Crippen LogP contribution >= 0.6 is 12.4 Å². The van der Waals surface area contributed by atoms with Gasteiger partial charge in [0, 0.05) is 17.3 Å². The van der Waals surface area contributed by atoms with Crippen molar-refractivity contribution in [1.29, 1.82) is 0 Å². The molecule has 0 aromatic heterocycles. The van der Waals surface area contributed by atoms with E-state index in [9.17, 15) is 4.79 Å². The Bertz CT molecular complexity index is 618. The summed E-state index contributed by atoms with van der Waals surface area (Å²) in [6, 6.07) is 13.9. The molecule has 0 saturated heterocycles. The molecular weight excluding hydrogens is 296 g/mol. The fourth-order valence-electron chi connectivity index (χ4n) is 2.43. The quantitative estimate of drug-likeness (QED) is 0.845. The predicted molar refractivity (Wildman–Crippen MR) is 94.7 cm³/mol. The Morgan fingerprint density at radius 2 is 1.68 bits per heavy atom. The highest BCUT2D eigenvalue weighted by atomic mass is 35.5. The number of nitrogens with one attached hydrogen (secondary N) is 1. The third kappa shape index (κ3) is 4.50. The lowest BCUT2D eigenvalue weighted by Gasteiger charge is -2.15. The van der Waals surface area contributed by atoms with Gasteiger partial charge in [-0.15, -0.1) is 12.4 Å². The van der Waals surface area contributed by atoms with Gasteiger partial charge < -0.3 is 11.1 Å². The van der Waals surface area contributed by atoms with Gasteiger partial charge in [0.25, 0.3) is 5.91 Å². The van der Waals surface area contributed by atoms with Gasteiger partial charge in [0.15, 0.2) is 0 Å². The largest absolute Gasteiger partial charge is 0.398 e. The number of amides is 1. The molecule has 0 aliphatic heterocycles. The van der Waals surface area contributed by atoms with Gasteiger partial charge in [0.1, 0.15) is 0 Å². The Morgan fingerprint density at radius 1 is 1.14 bits per heavy atom. The zero-order chi connectivity index (χ0) is 15.4. The second-order valence-corrected chi connectivity index (χ2v) is 5.59. The van der Waals surface area contributed by atoms with E-state index < -0.39 is 0 Å². The van der Waals surface area contributed by atoms with E-state index in [2.05, 4.69) is 17.4 Å². The van der Waals surface area contributed by atoms with Crippen LogP contribution in [0.25, 0.3) is 0 Å². The number of hydrogen-bond acceptors (Lipinski definition) is 2. The van der Waals surface area contributed by atoms with E-state index in [-0.39, 0.29) is 24.4 Å². The Kier molecular flexibility index (Phi) is 6.44. The number of halogens is 1. The standard InChI is InChI=1S/C18H22N2O.ClH/c1-12-9-16(10-13(2)17(12)19)18(21)20-14(3)11-15-7-5-4-6-8-15;/h4-10,14H,11,19H2,1-3H3,(H,20,21);1H. The number of carbonyl (C=O) groups excluding carboxylic acids is 1. The first-order valence-corrected chi connectivity index (χ1v) is 7.19. The first-order valence-electron chi connectivity index (χ1n) is 7.19. The molecule has 0 heterocycles. The number of rotatable bonds is 4. The molecule has 0 radical (unpaired) electrons. The van der Waals surface area contributed by atoms with Gasteiger partial charge in [-0.25, -0.2) is 0 Å². The molecule has 2 aromatic rings. The minimum Gasteiger partial charge on any atom is -0.398 e. The molecule has 1 atom stereocenters. The molecule has 0 aliphatic rings. The Labute approximate surface area is 138 Å². The van der Waals surface area contributed by atoms with E-state index in [1.54, 1.807) is 0 Å². The van der Waals surface area contributed by atoms with Crippen molar-refractivity contribution in [2.75, 3.05) is 5.73 Å². The average molecular weight is 319 g/mol. The summed E-state index contributed by atoms with van der Waals surface area (Å²) < 4.78 is 0. The molecule has 3 N–H and O–H groups in total. The normalized spacial score (nSPS) is 11.4. The van der Waals surface area contributed by atoms with E-state index in [4.69, 9.17) is 5.73 Å². The highest BCUT2D eigenvalue weighted by Crippen LogP contribution is 2.18. The monoisotopic (exact) mass is 318 g/mol. The number of aryl methyl sites for hydroxylation is 2. The number of anilines is 1. The summed E-state index contributed by atoms with van der Waals surface area (Å²) >= 11 is 0. The maximum absolute atomic E-state index is 12.3. The second-order valence-electron chi connectivity index (χ2n) is 5.59. The lowest BCUT2D eigenvalue weighted by atomic mass is 10.0. The molecule has 3 nitrogen and oxygen atoms in total. The van der Waals surface area contributed by atoms with Crippen LogP contribution in [-0.2, 0) is 6.42 Å². The molecule has 1 amide bonds. The van der Waals surface area contributed by atoms with Crippen LogP contribution in [0.5, 0.6) is 0 Å². The van der Waals surface area contributed by atoms with Gasteiger partial charge in [0.05, 0.1) is 0 Å². The Balaban J connectivity index is 0.00000242. The van der Waals surface area contributed by atoms with Crippen molar-refractivity contribution in [1.82, 2.24) is 5.32 Å². The van der Waals surface area contributed by atoms with Crippen LogP contribution in [0.15, 0.2) is 42.5 Å². The summed E-state index contributed by atoms with van der Waals surface area (Å²) in [5.74, 6) is -0.0513. The van der Waals surface area contributed by atoms with Gasteiger partial charge in [0.2, 0.25) is 0 Å². The summed E-state index contributed by atoms with van der Waals surface area (Å²) in [5, 5.41) is 3.04. The summed E-state index contributed by atoms with van der Waals surface area (Å²) in [7, 11) is 0. The van der Waals surface area contributed by atoms with Crippen molar-refractivity contribution in [3.05, 3.63) is 64.7 Å². The number of hydrogen-bond donors (Lipinski definition) is 2. The number of nitrogens with two attached hydrogens (primary N) is 1. The minimum atomic E-state index is -0.0513. The maximum atomic E-state index is 12.3. The van der Waals surface area contributed by atoms with Crippen LogP contribution in [0, 0.1) is 13.8 Å². The van der Waals surface area contributed by atoms with Gasteiger partial charge in [-0.1, -0.05) is 30.3 Å². The van der Waals surface area contributed by atoms with Gasteiger partial charge >= 0.3 is 0 Å². The molecule has 22 heavy (non-hydrogen) atoms. The maximum Gasteiger partial charge on any atom is 0.251 e. The average Bonchev–Trinajstić information content (AvgIpc) is 2.45. The fraction of sp³-hybridized carbons (Fsp3) is 0.278. The number of benzene rings is 2. The highest BCUT2D eigenvalue weighted by molar-refractivity contribution is 5.95. The van der Waals surface area contributed by atoms with E-state index in [0.29, 0.717) is 5.56 Å². The molecule has 0 bridgehead atoms. The topological polar surface area (TPSA) is 55.1 Å². The molecule has 0 aliphatic carbocycles. The minimum absolute atomic E-state index is 0. The van der Waals surface area contributed by atoms with Gasteiger partial charge in [-0.3, -0.25) is 4.79 Å². The molecule has 0 spiro atoms. The molecule has 2 rings (SSSR count). The predicted octanol–water partition coefficient (Wildman–Crippen LogP) is 3.67. The van der Waals surface area contributed by atoms with Crippen LogP contribution in [0.2, 0.25) is 0 Å². The van der Waals surface area contributed by atoms with Gasteiger partial charge in [-0.05, 0) is 56.0 Å². The number of nitrogen functional groups attached to an aromatic ring is 1. The summed E-state index contributed by atoms with van der Waals surface area (Å²) in [6.45, 7) is 5.86. The lowest BCUT2D eigenvalue weighted by Crippen LogP contribution is -2.34. The lowest BCUT2D eigenvalue weighted by molar-refractivity contribution is 0.0940. The van der Waals surface area contributed by atoms with Crippen molar-refractivity contribution < 1.29 is 4.79 Å². The molecule has 0 saturated carbocycles. The van der Waals surface area contributed by atoms with Crippen molar-refractivity contribution in [2.45, 2.75) is 33.2 Å². The molecule has 0 fully saturated rings. The summed E-state index contributed by atoms with van der Waals surface area (Å²) in [4.78, 5) is 12.3. The second kappa shape index (κ2) is 7.85. The third-order valence-electron chi connectivity index (χ3n) is 3.62. The van der Waals surface area contributed by atoms with Crippen LogP contribution in [0.1, 0.15) is 34.0 Å². The van der Waals surface area contributed by atoms with Crippen LogP contribution in [-0.4, -0.2) is 11.9 Å². The van der Waals surface area contributed by atoms with Crippen molar-refractivity contribution in [3.8, 4) is 0 Å². The zero-order valence-corrected chi connectivity index (χ0v) is 14.0. The van der Waals surface area contributed by atoms with Crippen molar-refractivity contribution in [2.24, 2.45) is 0 Å². The molecule has 118 valence electrons. The SMILES string of the molecule is Cc1cc(C(=O)NC(C)Cc2ccccc2)cc(C)c1N.Cl. The van der Waals surface area contributed by atoms with E-state index in [0.717, 1.165) is 23.2 Å². The van der Waals surface area contributed by atoms with Gasteiger partial charge in [-0.2, -0.15) is 0 Å². The summed E-state index contributed by atoms with van der Waals surface area (Å²) in [6.07, 6.45) is 0.819. The summed E-state index contributed by atoms with van der Waals surface area (Å²) in [5.41, 5.74) is 10.4. The molecule has 1 unspecified atom stereocenters. The Morgan fingerprint density at radius 3 is 2.23 bits per heavy atom.